The summed E-state index contributed by atoms with van der Waals surface area (Å²) in [4.78, 5) is 83.2. The van der Waals surface area contributed by atoms with Gasteiger partial charge in [0.15, 0.2) is 45.9 Å². The maximum absolute atomic E-state index is 12.3. The van der Waals surface area contributed by atoms with Crippen LogP contribution >= 0.6 is 0 Å². The molecule has 8 aromatic heterocycles. The first-order valence-electron chi connectivity index (χ1n) is 25.6. The van der Waals surface area contributed by atoms with E-state index in [1.54, 1.807) is 72.8 Å². The van der Waals surface area contributed by atoms with Gasteiger partial charge in [-0.15, -0.1) is 0 Å². The van der Waals surface area contributed by atoms with Gasteiger partial charge in [0.05, 0.1) is 44.1 Å². The van der Waals surface area contributed by atoms with Crippen LogP contribution in [0.4, 0.5) is 23.3 Å². The van der Waals surface area contributed by atoms with Crippen LogP contribution in [-0.2, 0) is 0 Å². The lowest BCUT2D eigenvalue weighted by molar-refractivity contribution is 0.387. The third-order valence-electron chi connectivity index (χ3n) is 14.0. The largest absolute Gasteiger partial charge is 0.354 e. The molecule has 0 atom stereocenters. The molecule has 16 aromatic rings. The quantitative estimate of drug-likeness (QED) is 0.0603. The Kier molecular flexibility index (Phi) is 13.0. The molecular formula is C60H40N16O8. The Bertz CT molecular complexity index is 4910. The van der Waals surface area contributed by atoms with Crippen molar-refractivity contribution in [2.75, 3.05) is 21.9 Å². The lowest BCUT2D eigenvalue weighted by Gasteiger charge is -2.10. The molecule has 0 aliphatic rings. The highest BCUT2D eigenvalue weighted by Gasteiger charge is 2.17. The first-order valence-corrected chi connectivity index (χ1v) is 25.6. The summed E-state index contributed by atoms with van der Waals surface area (Å²) in [6.45, 7) is 0. The van der Waals surface area contributed by atoms with E-state index >= 15 is 0 Å². The zero-order valence-electron chi connectivity index (χ0n) is 43.3. The van der Waals surface area contributed by atoms with Crippen molar-refractivity contribution in [2.45, 2.75) is 0 Å². The highest BCUT2D eigenvalue weighted by atomic mass is 16.5. The van der Waals surface area contributed by atoms with Gasteiger partial charge in [-0.1, -0.05) is 97.1 Å². The van der Waals surface area contributed by atoms with Gasteiger partial charge in [0.1, 0.15) is 0 Å². The number of aromatic nitrogens is 12. The van der Waals surface area contributed by atoms with E-state index in [4.69, 9.17) is 0 Å². The molecule has 0 bridgehead atoms. The van der Waals surface area contributed by atoms with Gasteiger partial charge >= 0.3 is 22.8 Å². The van der Waals surface area contributed by atoms with Crippen LogP contribution in [0, 0.1) is 0 Å². The molecule has 0 unspecified atom stereocenters. The Morgan fingerprint density at radius 1 is 0.238 bits per heavy atom. The SMILES string of the molecule is O=c1nc2ccccc2c2nc(NO)c3ccccc3n12.O=c1nc2ccccc2c2nc(NO)c3ccccc3n12.O=c1nc2ccccc2c2nc(NO)c3ccccc3n12.O=c1nc2ccccc2c2nc(NO)c3ccccc3n12. The summed E-state index contributed by atoms with van der Waals surface area (Å²) >= 11 is 0. The summed E-state index contributed by atoms with van der Waals surface area (Å²) in [5, 5.41) is 42.9. The van der Waals surface area contributed by atoms with Gasteiger partial charge in [0, 0.05) is 43.1 Å². The van der Waals surface area contributed by atoms with Crippen molar-refractivity contribution in [1.29, 1.82) is 0 Å². The molecule has 0 spiro atoms. The molecule has 0 amide bonds. The highest BCUT2D eigenvalue weighted by molar-refractivity contribution is 6.02. The third-order valence-corrected chi connectivity index (χ3v) is 14.0. The van der Waals surface area contributed by atoms with Crippen molar-refractivity contribution in [2.24, 2.45) is 0 Å². The number of hydrogen-bond donors (Lipinski definition) is 8. The second-order valence-electron chi connectivity index (χ2n) is 18.6. The minimum absolute atomic E-state index is 0.307. The van der Waals surface area contributed by atoms with E-state index in [0.717, 1.165) is 21.5 Å². The van der Waals surface area contributed by atoms with Crippen molar-refractivity contribution < 1.29 is 20.8 Å². The first-order chi connectivity index (χ1) is 41.2. The van der Waals surface area contributed by atoms with Crippen molar-refractivity contribution >= 4 is 133 Å². The number of nitrogens with one attached hydrogen (secondary N) is 4. The Hall–Kier alpha value is -12.0. The van der Waals surface area contributed by atoms with Crippen molar-refractivity contribution in [3.8, 4) is 0 Å². The van der Waals surface area contributed by atoms with Crippen LogP contribution in [0.15, 0.2) is 213 Å². The Morgan fingerprint density at radius 2 is 0.417 bits per heavy atom. The number of fused-ring (bicyclic) bond motifs is 20. The fourth-order valence-electron chi connectivity index (χ4n) is 10.3. The molecule has 84 heavy (non-hydrogen) atoms. The monoisotopic (exact) mass is 1110 g/mol. The lowest BCUT2D eigenvalue weighted by atomic mass is 10.2. The Labute approximate surface area is 467 Å². The number of nitrogens with zero attached hydrogens (tertiary/aromatic N) is 12. The molecule has 24 nitrogen and oxygen atoms in total. The summed E-state index contributed by atoms with van der Waals surface area (Å²) in [5.74, 6) is 1.23. The summed E-state index contributed by atoms with van der Waals surface area (Å²) in [5.41, 5.74) is 13.5. The van der Waals surface area contributed by atoms with Crippen LogP contribution < -0.4 is 44.7 Å². The van der Waals surface area contributed by atoms with Crippen LogP contribution in [0.5, 0.6) is 0 Å². The van der Waals surface area contributed by atoms with Crippen LogP contribution in [0.2, 0.25) is 0 Å². The maximum atomic E-state index is 12.3. The lowest BCUT2D eigenvalue weighted by Crippen LogP contribution is -2.19. The fraction of sp³-hybridized carbons (Fsp3) is 0. The van der Waals surface area contributed by atoms with E-state index in [1.165, 1.54) is 17.6 Å². The van der Waals surface area contributed by atoms with Crippen molar-refractivity contribution in [1.82, 2.24) is 57.5 Å². The van der Waals surface area contributed by atoms with E-state index in [0.29, 0.717) is 112 Å². The molecule has 8 aromatic carbocycles. The van der Waals surface area contributed by atoms with Crippen molar-refractivity contribution in [3.63, 3.8) is 0 Å². The predicted octanol–water partition coefficient (Wildman–Crippen LogP) is 8.79. The Morgan fingerprint density at radius 3 is 0.619 bits per heavy atom. The molecule has 8 heterocycles. The molecule has 8 N–H and O–H groups in total. The average molecular weight is 1110 g/mol. The molecule has 0 aliphatic heterocycles. The summed E-state index contributed by atoms with van der Waals surface area (Å²) < 4.78 is 5.83. The highest BCUT2D eigenvalue weighted by Crippen LogP contribution is 2.29. The smallest absolute Gasteiger partial charge is 0.290 e. The predicted molar refractivity (Wildman–Crippen MR) is 319 cm³/mol. The zero-order chi connectivity index (χ0) is 57.6. The van der Waals surface area contributed by atoms with E-state index in [1.807, 2.05) is 121 Å². The number of hydrogen-bond acceptors (Lipinski definition) is 20. The van der Waals surface area contributed by atoms with Gasteiger partial charge in [0.25, 0.3) is 0 Å². The number of rotatable bonds is 4. The summed E-state index contributed by atoms with van der Waals surface area (Å²) in [7, 11) is 0. The van der Waals surface area contributed by atoms with Gasteiger partial charge in [-0.05, 0) is 97.1 Å². The molecule has 16 rings (SSSR count). The van der Waals surface area contributed by atoms with Gasteiger partial charge in [-0.25, -0.2) is 56.7 Å². The van der Waals surface area contributed by atoms with Gasteiger partial charge in [-0.3, -0.25) is 42.7 Å². The number of anilines is 4. The second kappa shape index (κ2) is 21.3. The van der Waals surface area contributed by atoms with Crippen LogP contribution in [0.25, 0.3) is 110 Å². The van der Waals surface area contributed by atoms with Crippen LogP contribution in [-0.4, -0.2) is 78.3 Å². The minimum Gasteiger partial charge on any atom is -0.290 e. The third kappa shape index (κ3) is 8.69. The topological polar surface area (TPSA) is 318 Å². The van der Waals surface area contributed by atoms with E-state index in [2.05, 4.69) is 61.8 Å². The Balaban J connectivity index is 0.000000104. The summed E-state index contributed by atoms with van der Waals surface area (Å²) in [6, 6.07) is 58.0. The molecule has 0 saturated carbocycles. The van der Waals surface area contributed by atoms with Gasteiger partial charge in [0.2, 0.25) is 0 Å². The van der Waals surface area contributed by atoms with Crippen molar-refractivity contribution in [3.05, 3.63) is 236 Å². The first kappa shape index (κ1) is 51.5. The molecular weight excluding hydrogens is 1070 g/mol. The number of para-hydroxylation sites is 8. The molecule has 0 aliphatic carbocycles. The maximum Gasteiger partial charge on any atom is 0.354 e. The normalized spacial score (nSPS) is 11.3. The average Bonchev–Trinajstić information content (AvgIpc) is 1.80. The van der Waals surface area contributed by atoms with Gasteiger partial charge < -0.3 is 0 Å². The van der Waals surface area contributed by atoms with E-state index in [-0.39, 0.29) is 0 Å². The van der Waals surface area contributed by atoms with E-state index < -0.39 is 22.8 Å². The molecule has 0 saturated heterocycles. The second-order valence-corrected chi connectivity index (χ2v) is 18.6. The molecule has 0 radical (unpaired) electrons. The van der Waals surface area contributed by atoms with Gasteiger partial charge in [-0.2, -0.15) is 19.9 Å². The molecule has 408 valence electrons. The number of benzene rings is 8. The van der Waals surface area contributed by atoms with E-state index in [9.17, 15) is 40.0 Å². The fourth-order valence-corrected chi connectivity index (χ4v) is 10.3. The minimum atomic E-state index is -0.392. The summed E-state index contributed by atoms with van der Waals surface area (Å²) in [6.07, 6.45) is 0. The molecule has 0 fully saturated rings. The van der Waals surface area contributed by atoms with Crippen LogP contribution in [0.3, 0.4) is 0 Å². The molecule has 24 heteroatoms. The zero-order valence-corrected chi connectivity index (χ0v) is 43.3. The van der Waals surface area contributed by atoms with Crippen LogP contribution in [0.1, 0.15) is 0 Å². The standard InChI is InChI=1S/4C15H10N4O2/c4*20-15-16-11-7-3-1-5-9(11)14-17-13(18-21)10-6-2-4-8-12(10)19(14)15/h4*1-8,21H,(H,17,18).